The molecular weight excluding hydrogens is 637 g/mol. The van der Waals surface area contributed by atoms with Crippen molar-refractivity contribution in [3.8, 4) is 0 Å². The quantitative estimate of drug-likeness (QED) is 0.173. The van der Waals surface area contributed by atoms with Crippen molar-refractivity contribution in [2.24, 2.45) is 0 Å². The third-order valence-electron chi connectivity index (χ3n) is 0. The standard InChI is InChI=1S/7Cu.2H2O4S.10H/c;;;;;;;2*1-5(2,3)4;;;;;;;;;;/h;;;;;;;2*(H2,1,2,3,4);;;;;;;;;;/q7*+2;;;10*-1/p-4. The third-order valence-corrected chi connectivity index (χ3v) is 0. The first-order valence-electron chi connectivity index (χ1n) is 1.33. The molecule has 0 aliphatic heterocycles. The zero-order chi connectivity index (χ0) is 9.00. The van der Waals surface area contributed by atoms with E-state index in [1.165, 1.54) is 0 Å². The molecule has 0 fully saturated rings. The average molecular weight is 647 g/mol. The van der Waals surface area contributed by atoms with Crippen LogP contribution in [0.3, 0.4) is 0 Å². The first-order chi connectivity index (χ1) is 4.00. The van der Waals surface area contributed by atoms with Gasteiger partial charge in [-0.1, -0.05) is 0 Å². The molecule has 0 aromatic rings. The van der Waals surface area contributed by atoms with Crippen LogP contribution in [0.5, 0.6) is 0 Å². The Bertz CT molecular complexity index is 246. The number of rotatable bonds is 0. The van der Waals surface area contributed by atoms with Gasteiger partial charge in [-0.15, -0.1) is 0 Å². The molecule has 0 spiro atoms. The van der Waals surface area contributed by atoms with Gasteiger partial charge in [-0.2, -0.15) is 0 Å². The van der Waals surface area contributed by atoms with Gasteiger partial charge in [0, 0.05) is 20.8 Å². The normalized spacial score (nSPS) is 6.82. The van der Waals surface area contributed by atoms with Crippen molar-refractivity contribution in [2.45, 2.75) is 0 Å². The molecule has 7 radical (unpaired) electrons. The molecule has 0 heterocycles. The van der Waals surface area contributed by atoms with Gasteiger partial charge in [-0.05, 0) is 0 Å². The zero-order valence-electron chi connectivity index (χ0n) is 16.2. The molecule has 0 saturated carbocycles. The summed E-state index contributed by atoms with van der Waals surface area (Å²) in [4.78, 5) is 0. The molecule has 0 bridgehead atoms. The molecule has 0 atom stereocenters. The van der Waals surface area contributed by atoms with Crippen LogP contribution < -0.4 is 0 Å². The van der Waals surface area contributed by atoms with Gasteiger partial charge in [0.05, 0.1) is 0 Å². The van der Waals surface area contributed by atoms with Crippen LogP contribution in [0, 0.1) is 0 Å². The van der Waals surface area contributed by atoms with Gasteiger partial charge in [0.1, 0.15) is 0 Å². The van der Waals surface area contributed by atoms with Gasteiger partial charge in [-0.25, -0.2) is 0 Å². The monoisotopic (exact) mass is 642 g/mol. The summed E-state index contributed by atoms with van der Waals surface area (Å²) in [6.45, 7) is 0. The van der Waals surface area contributed by atoms with E-state index in [1.54, 1.807) is 0 Å². The minimum absolute atomic E-state index is 0. The second kappa shape index (κ2) is 27.7. The predicted octanol–water partition coefficient (Wildman–Crippen LogP) is -1.57. The minimum atomic E-state index is -5.17. The Morgan fingerprint density at radius 3 is 0.471 bits per heavy atom. The van der Waals surface area contributed by atoms with Crippen molar-refractivity contribution < 1.29 is 169 Å². The second-order valence-corrected chi connectivity index (χ2v) is 2.45. The van der Waals surface area contributed by atoms with Crippen molar-refractivity contribution >= 4 is 20.8 Å². The van der Waals surface area contributed by atoms with E-state index in [4.69, 9.17) is 35.0 Å². The van der Waals surface area contributed by atoms with E-state index in [2.05, 4.69) is 0 Å². The van der Waals surface area contributed by atoms with Crippen LogP contribution in [0.2, 0.25) is 0 Å². The van der Waals surface area contributed by atoms with E-state index < -0.39 is 20.8 Å². The molecule has 8 nitrogen and oxygen atoms in total. The summed E-state index contributed by atoms with van der Waals surface area (Å²) in [6, 6.07) is 0. The maximum Gasteiger partial charge on any atom is 2.00 e. The Hall–Kier alpha value is 3.38. The average Bonchev–Trinajstić information content (AvgIpc) is 1.12. The molecule has 17 heteroatoms. The van der Waals surface area contributed by atoms with Crippen LogP contribution in [0.4, 0.5) is 0 Å². The maximum atomic E-state index is 8.52. The van der Waals surface area contributed by atoms with Crippen LogP contribution in [-0.4, -0.2) is 35.0 Å². The summed E-state index contributed by atoms with van der Waals surface area (Å²) in [5, 5.41) is 0. The predicted molar refractivity (Wildman–Crippen MR) is 32.1 cm³/mol. The maximum absolute atomic E-state index is 8.52. The molecule has 0 aromatic heterocycles. The summed E-state index contributed by atoms with van der Waals surface area (Å²) in [7, 11) is -10.3. The molecule has 0 unspecified atom stereocenters. The Morgan fingerprint density at radius 2 is 0.471 bits per heavy atom. The molecule has 0 rings (SSSR count). The van der Waals surface area contributed by atoms with Gasteiger partial charge >= 0.3 is 119 Å². The van der Waals surface area contributed by atoms with Crippen molar-refractivity contribution in [1.82, 2.24) is 0 Å². The summed E-state index contributed by atoms with van der Waals surface area (Å²) < 4.78 is 68.2. The van der Waals surface area contributed by atoms with Gasteiger partial charge < -0.3 is 32.5 Å². The fourth-order valence-corrected chi connectivity index (χ4v) is 0. The topological polar surface area (TPSA) is 161 Å². The SMILES string of the molecule is O=S(=O)([O-])[O-].O=S(=O)([O-])[O-].[Cu+2].[Cu+2].[Cu+2].[Cu+2].[Cu+2].[Cu+2].[Cu+2].[H-].[H-].[H-].[H-].[H-].[H-].[H-].[H-].[H-].[H-]. The van der Waals surface area contributed by atoms with Gasteiger partial charge in [-0.3, -0.25) is 16.8 Å². The van der Waals surface area contributed by atoms with Crippen molar-refractivity contribution in [3.63, 3.8) is 0 Å². The molecule has 0 saturated heterocycles. The summed E-state index contributed by atoms with van der Waals surface area (Å²) in [5.74, 6) is 0. The molecule has 0 N–H and O–H groups in total. The molecule has 0 aromatic carbocycles. The molecular formula is H10Cu7O8S2. The van der Waals surface area contributed by atoms with Crippen LogP contribution in [-0.2, 0) is 140 Å². The third kappa shape index (κ3) is 513. The van der Waals surface area contributed by atoms with E-state index >= 15 is 0 Å². The summed E-state index contributed by atoms with van der Waals surface area (Å²) >= 11 is 0. The molecule has 147 valence electrons. The van der Waals surface area contributed by atoms with Crippen LogP contribution in [0.15, 0.2) is 0 Å². The van der Waals surface area contributed by atoms with Crippen molar-refractivity contribution in [3.05, 3.63) is 0 Å². The second-order valence-electron chi connectivity index (χ2n) is 0.816. The van der Waals surface area contributed by atoms with E-state index in [9.17, 15) is 0 Å². The molecule has 0 amide bonds. The van der Waals surface area contributed by atoms with E-state index in [-0.39, 0.29) is 134 Å². The number of hydrogen-bond acceptors (Lipinski definition) is 8. The van der Waals surface area contributed by atoms with Crippen molar-refractivity contribution in [1.29, 1.82) is 0 Å². The van der Waals surface area contributed by atoms with Gasteiger partial charge in [0.2, 0.25) is 0 Å². The van der Waals surface area contributed by atoms with Crippen LogP contribution >= 0.6 is 0 Å². The van der Waals surface area contributed by atoms with Crippen LogP contribution in [0.1, 0.15) is 14.3 Å². The zero-order valence-corrected chi connectivity index (χ0v) is 14.4. The number of hydrogen-bond donors (Lipinski definition) is 0. The largest absolute Gasteiger partial charge is 2.00 e. The Morgan fingerprint density at radius 1 is 0.471 bits per heavy atom. The van der Waals surface area contributed by atoms with Crippen molar-refractivity contribution in [2.75, 3.05) is 0 Å². The Balaban J connectivity index is -0.00000000171. The first-order valence-corrected chi connectivity index (χ1v) is 4.00. The minimum Gasteiger partial charge on any atom is -1.00 e. The van der Waals surface area contributed by atoms with E-state index in [0.29, 0.717) is 0 Å². The fraction of sp³-hybridized carbons (Fsp3) is 0. The molecule has 17 heavy (non-hydrogen) atoms. The van der Waals surface area contributed by atoms with Crippen LogP contribution in [0.25, 0.3) is 0 Å². The van der Waals surface area contributed by atoms with Gasteiger partial charge in [0.25, 0.3) is 0 Å². The van der Waals surface area contributed by atoms with Gasteiger partial charge in [0.15, 0.2) is 0 Å². The summed E-state index contributed by atoms with van der Waals surface area (Å²) in [6.07, 6.45) is 0. The molecule has 0 aliphatic carbocycles. The Kier molecular flexibility index (Phi) is 96.2. The van der Waals surface area contributed by atoms with E-state index in [1.807, 2.05) is 0 Å². The fourth-order valence-electron chi connectivity index (χ4n) is 0. The Labute approximate surface area is 188 Å². The summed E-state index contributed by atoms with van der Waals surface area (Å²) in [5.41, 5.74) is 0. The van der Waals surface area contributed by atoms with E-state index in [0.717, 1.165) is 0 Å². The smallest absolute Gasteiger partial charge is 1.00 e. The first kappa shape index (κ1) is 59.1. The molecule has 0 aliphatic rings.